The zero-order chi connectivity index (χ0) is 18.5. The summed E-state index contributed by atoms with van der Waals surface area (Å²) in [5, 5.41) is 2.76. The van der Waals surface area contributed by atoms with E-state index in [0.29, 0.717) is 25.2 Å². The number of amides is 2. The van der Waals surface area contributed by atoms with Gasteiger partial charge in [0.15, 0.2) is 0 Å². The number of likely N-dealkylation sites (tertiary alicyclic amines) is 1. The van der Waals surface area contributed by atoms with Gasteiger partial charge in [0.25, 0.3) is 5.91 Å². The third-order valence-electron chi connectivity index (χ3n) is 4.57. The molecule has 1 aliphatic heterocycles. The fourth-order valence-electron chi connectivity index (χ4n) is 3.19. The van der Waals surface area contributed by atoms with Gasteiger partial charge in [-0.2, -0.15) is 0 Å². The van der Waals surface area contributed by atoms with Crippen molar-refractivity contribution in [2.75, 3.05) is 13.1 Å². The van der Waals surface area contributed by atoms with Gasteiger partial charge in [0, 0.05) is 43.9 Å². The van der Waals surface area contributed by atoms with Gasteiger partial charge in [-0.1, -0.05) is 0 Å². The first-order valence-electron chi connectivity index (χ1n) is 8.63. The lowest BCUT2D eigenvalue weighted by molar-refractivity contribution is -0.119. The molecule has 0 bridgehead atoms. The van der Waals surface area contributed by atoms with Crippen LogP contribution in [0.15, 0.2) is 36.7 Å². The van der Waals surface area contributed by atoms with Gasteiger partial charge < -0.3 is 10.2 Å². The molecule has 1 aromatic heterocycles. The molecule has 1 aliphatic rings. The Bertz CT molecular complexity index is 786. The number of nitrogens with one attached hydrogen (secondary N) is 1. The SMILES string of the molecule is CC(=O)NCc1nccnc1C1CCN(C(=O)c2ccc(F)cc2)CC1. The van der Waals surface area contributed by atoms with E-state index in [0.717, 1.165) is 24.2 Å². The van der Waals surface area contributed by atoms with Crippen molar-refractivity contribution in [2.45, 2.75) is 32.2 Å². The van der Waals surface area contributed by atoms with Crippen LogP contribution in [-0.4, -0.2) is 39.8 Å². The van der Waals surface area contributed by atoms with Crippen LogP contribution >= 0.6 is 0 Å². The van der Waals surface area contributed by atoms with Gasteiger partial charge in [0.05, 0.1) is 17.9 Å². The highest BCUT2D eigenvalue weighted by Crippen LogP contribution is 2.28. The predicted molar refractivity (Wildman–Crippen MR) is 93.8 cm³/mol. The molecule has 2 heterocycles. The van der Waals surface area contributed by atoms with Gasteiger partial charge >= 0.3 is 0 Å². The molecule has 0 atom stereocenters. The first-order valence-corrected chi connectivity index (χ1v) is 8.63. The van der Waals surface area contributed by atoms with E-state index >= 15 is 0 Å². The van der Waals surface area contributed by atoms with E-state index in [1.807, 2.05) is 0 Å². The molecule has 26 heavy (non-hydrogen) atoms. The topological polar surface area (TPSA) is 75.2 Å². The van der Waals surface area contributed by atoms with Gasteiger partial charge in [0.1, 0.15) is 5.82 Å². The van der Waals surface area contributed by atoms with Gasteiger partial charge in [-0.3, -0.25) is 19.6 Å². The summed E-state index contributed by atoms with van der Waals surface area (Å²) >= 11 is 0. The highest BCUT2D eigenvalue weighted by molar-refractivity contribution is 5.94. The normalized spacial score (nSPS) is 14.9. The predicted octanol–water partition coefficient (Wildman–Crippen LogP) is 2.27. The van der Waals surface area contributed by atoms with E-state index in [1.165, 1.54) is 31.2 Å². The second-order valence-electron chi connectivity index (χ2n) is 6.37. The number of piperidine rings is 1. The Morgan fingerprint density at radius 1 is 1.15 bits per heavy atom. The second kappa shape index (κ2) is 8.03. The Hall–Kier alpha value is -2.83. The fourth-order valence-corrected chi connectivity index (χ4v) is 3.19. The van der Waals surface area contributed by atoms with E-state index in [1.54, 1.807) is 17.3 Å². The van der Waals surface area contributed by atoms with E-state index in [2.05, 4.69) is 15.3 Å². The van der Waals surface area contributed by atoms with Crippen LogP contribution in [0, 0.1) is 5.82 Å². The first kappa shape index (κ1) is 18.0. The minimum absolute atomic E-state index is 0.0823. The second-order valence-corrected chi connectivity index (χ2v) is 6.37. The Labute approximate surface area is 151 Å². The van der Waals surface area contributed by atoms with Crippen molar-refractivity contribution < 1.29 is 14.0 Å². The maximum Gasteiger partial charge on any atom is 0.253 e. The molecular formula is C19H21FN4O2. The van der Waals surface area contributed by atoms with Crippen LogP contribution < -0.4 is 5.32 Å². The van der Waals surface area contributed by atoms with Gasteiger partial charge in [-0.05, 0) is 37.1 Å². The highest BCUT2D eigenvalue weighted by Gasteiger charge is 2.27. The van der Waals surface area contributed by atoms with Gasteiger partial charge in [0.2, 0.25) is 5.91 Å². The Balaban J connectivity index is 1.64. The first-order chi connectivity index (χ1) is 12.5. The molecule has 0 spiro atoms. The molecule has 0 unspecified atom stereocenters. The summed E-state index contributed by atoms with van der Waals surface area (Å²) in [5.41, 5.74) is 2.15. The highest BCUT2D eigenvalue weighted by atomic mass is 19.1. The van der Waals surface area contributed by atoms with Gasteiger partial charge in [-0.15, -0.1) is 0 Å². The summed E-state index contributed by atoms with van der Waals surface area (Å²) in [5.74, 6) is -0.346. The smallest absolute Gasteiger partial charge is 0.253 e. The molecule has 7 heteroatoms. The summed E-state index contributed by atoms with van der Waals surface area (Å²) in [6.45, 7) is 3.04. The van der Waals surface area contributed by atoms with Crippen LogP contribution in [-0.2, 0) is 11.3 Å². The molecule has 0 saturated carbocycles. The molecule has 1 aromatic carbocycles. The molecule has 3 rings (SSSR count). The van der Waals surface area contributed by atoms with Crippen molar-refractivity contribution in [1.82, 2.24) is 20.2 Å². The van der Waals surface area contributed by atoms with Crippen molar-refractivity contribution in [2.24, 2.45) is 0 Å². The van der Waals surface area contributed by atoms with Crippen LogP contribution in [0.25, 0.3) is 0 Å². The molecule has 136 valence electrons. The van der Waals surface area contributed by atoms with Crippen molar-refractivity contribution >= 4 is 11.8 Å². The third kappa shape index (κ3) is 4.22. The number of halogens is 1. The number of hydrogen-bond acceptors (Lipinski definition) is 4. The maximum absolute atomic E-state index is 13.0. The lowest BCUT2D eigenvalue weighted by Gasteiger charge is -2.32. The monoisotopic (exact) mass is 356 g/mol. The molecular weight excluding hydrogens is 335 g/mol. The summed E-state index contributed by atoms with van der Waals surface area (Å²) < 4.78 is 13.0. The zero-order valence-corrected chi connectivity index (χ0v) is 14.6. The largest absolute Gasteiger partial charge is 0.351 e. The number of carbonyl (C=O) groups excluding carboxylic acids is 2. The third-order valence-corrected chi connectivity index (χ3v) is 4.57. The maximum atomic E-state index is 13.0. The number of nitrogens with zero attached hydrogens (tertiary/aromatic N) is 3. The summed E-state index contributed by atoms with van der Waals surface area (Å²) in [7, 11) is 0. The summed E-state index contributed by atoms with van der Waals surface area (Å²) in [4.78, 5) is 34.3. The Morgan fingerprint density at radius 2 is 1.81 bits per heavy atom. The average molecular weight is 356 g/mol. The van der Waals surface area contributed by atoms with E-state index < -0.39 is 0 Å². The minimum atomic E-state index is -0.352. The summed E-state index contributed by atoms with van der Waals surface area (Å²) in [6, 6.07) is 5.62. The quantitative estimate of drug-likeness (QED) is 0.912. The minimum Gasteiger partial charge on any atom is -0.351 e. The number of rotatable bonds is 4. The molecule has 1 saturated heterocycles. The number of aromatic nitrogens is 2. The fraction of sp³-hybridized carbons (Fsp3) is 0.368. The average Bonchev–Trinajstić information content (AvgIpc) is 2.67. The molecule has 0 aliphatic carbocycles. The molecule has 1 N–H and O–H groups in total. The van der Waals surface area contributed by atoms with Crippen molar-refractivity contribution in [1.29, 1.82) is 0 Å². The van der Waals surface area contributed by atoms with Crippen molar-refractivity contribution in [3.05, 3.63) is 59.4 Å². The van der Waals surface area contributed by atoms with E-state index in [4.69, 9.17) is 0 Å². The van der Waals surface area contributed by atoms with Crippen molar-refractivity contribution in [3.63, 3.8) is 0 Å². The molecule has 2 amide bonds. The van der Waals surface area contributed by atoms with Crippen molar-refractivity contribution in [3.8, 4) is 0 Å². The standard InChI is InChI=1S/C19H21FN4O2/c1-13(25)23-12-17-18(22-9-8-21-17)14-6-10-24(11-7-14)19(26)15-2-4-16(20)5-3-15/h2-5,8-9,14H,6-7,10-12H2,1H3,(H,23,25). The van der Waals surface area contributed by atoms with Crippen LogP contribution in [0.2, 0.25) is 0 Å². The Kier molecular flexibility index (Phi) is 5.55. The molecule has 2 aromatic rings. The van der Waals surface area contributed by atoms with E-state index in [9.17, 15) is 14.0 Å². The zero-order valence-electron chi connectivity index (χ0n) is 14.6. The number of benzene rings is 1. The number of hydrogen-bond donors (Lipinski definition) is 1. The number of carbonyl (C=O) groups is 2. The lowest BCUT2D eigenvalue weighted by Crippen LogP contribution is -2.38. The van der Waals surface area contributed by atoms with Crippen LogP contribution in [0.4, 0.5) is 4.39 Å². The lowest BCUT2D eigenvalue weighted by atomic mass is 9.91. The molecule has 1 fully saturated rings. The summed E-state index contributed by atoms with van der Waals surface area (Å²) in [6.07, 6.45) is 4.83. The molecule has 0 radical (unpaired) electrons. The Morgan fingerprint density at radius 3 is 2.46 bits per heavy atom. The van der Waals surface area contributed by atoms with Crippen LogP contribution in [0.3, 0.4) is 0 Å². The molecule has 6 nitrogen and oxygen atoms in total. The van der Waals surface area contributed by atoms with Crippen LogP contribution in [0.1, 0.15) is 47.4 Å². The van der Waals surface area contributed by atoms with E-state index in [-0.39, 0.29) is 23.5 Å². The van der Waals surface area contributed by atoms with Crippen LogP contribution in [0.5, 0.6) is 0 Å². The van der Waals surface area contributed by atoms with Gasteiger partial charge in [-0.25, -0.2) is 4.39 Å².